The zero-order valence-electron chi connectivity index (χ0n) is 11.0. The molecule has 1 aromatic rings. The third-order valence-electron chi connectivity index (χ3n) is 4.30. The van der Waals surface area contributed by atoms with Crippen LogP contribution in [0, 0.1) is 11.7 Å². The Balaban J connectivity index is 1.90. The molecule has 4 atom stereocenters. The topological polar surface area (TPSA) is 21.3 Å². The molecule has 19 heavy (non-hydrogen) atoms. The fourth-order valence-electron chi connectivity index (χ4n) is 3.49. The van der Waals surface area contributed by atoms with Crippen LogP contribution in [-0.2, 0) is 4.74 Å². The molecule has 0 aromatic heterocycles. The van der Waals surface area contributed by atoms with Crippen LogP contribution in [0.1, 0.15) is 37.8 Å². The van der Waals surface area contributed by atoms with Crippen molar-refractivity contribution in [3.63, 3.8) is 0 Å². The predicted molar refractivity (Wildman–Crippen MR) is 73.8 cm³/mol. The molecule has 1 aromatic carbocycles. The van der Waals surface area contributed by atoms with Gasteiger partial charge in [-0.2, -0.15) is 0 Å². The summed E-state index contributed by atoms with van der Waals surface area (Å²) in [6, 6.07) is 4.70. The van der Waals surface area contributed by atoms with E-state index in [-0.39, 0.29) is 11.9 Å². The molecule has 2 aliphatic heterocycles. The van der Waals surface area contributed by atoms with Gasteiger partial charge in [0.1, 0.15) is 5.82 Å². The van der Waals surface area contributed by atoms with Gasteiger partial charge in [0.2, 0.25) is 0 Å². The first-order chi connectivity index (χ1) is 9.19. The van der Waals surface area contributed by atoms with E-state index in [0.717, 1.165) is 31.4 Å². The molecule has 0 radical (unpaired) electrons. The third kappa shape index (κ3) is 2.51. The van der Waals surface area contributed by atoms with Gasteiger partial charge < -0.3 is 10.1 Å². The van der Waals surface area contributed by atoms with Crippen LogP contribution in [0.3, 0.4) is 0 Å². The van der Waals surface area contributed by atoms with Gasteiger partial charge in [-0.05, 0) is 49.6 Å². The maximum absolute atomic E-state index is 13.5. The number of benzene rings is 1. The van der Waals surface area contributed by atoms with Gasteiger partial charge in [0.15, 0.2) is 0 Å². The zero-order chi connectivity index (χ0) is 13.4. The highest BCUT2D eigenvalue weighted by molar-refractivity contribution is 6.31. The van der Waals surface area contributed by atoms with E-state index in [9.17, 15) is 4.39 Å². The van der Waals surface area contributed by atoms with Crippen molar-refractivity contribution in [1.29, 1.82) is 0 Å². The highest BCUT2D eigenvalue weighted by Crippen LogP contribution is 2.45. The normalized spacial score (nSPS) is 30.8. The maximum atomic E-state index is 13.5. The van der Waals surface area contributed by atoms with Crippen molar-refractivity contribution < 1.29 is 9.13 Å². The second-order valence-electron chi connectivity index (χ2n) is 5.47. The Bertz CT molecular complexity index is 467. The molecule has 2 aliphatic rings. The van der Waals surface area contributed by atoms with Gasteiger partial charge in [-0.15, -0.1) is 0 Å². The van der Waals surface area contributed by atoms with Crippen molar-refractivity contribution >= 4 is 11.6 Å². The first kappa shape index (κ1) is 13.3. The van der Waals surface area contributed by atoms with Crippen molar-refractivity contribution in [2.45, 2.75) is 44.4 Å². The minimum atomic E-state index is -0.230. The monoisotopic (exact) mass is 283 g/mol. The van der Waals surface area contributed by atoms with Gasteiger partial charge in [0.05, 0.1) is 12.2 Å². The van der Waals surface area contributed by atoms with E-state index in [1.54, 1.807) is 12.1 Å². The van der Waals surface area contributed by atoms with Gasteiger partial charge >= 0.3 is 0 Å². The lowest BCUT2D eigenvalue weighted by atomic mass is 9.81. The Kier molecular flexibility index (Phi) is 3.79. The smallest absolute Gasteiger partial charge is 0.123 e. The molecule has 2 fully saturated rings. The number of ether oxygens (including phenoxy) is 1. The molecular formula is C15H19ClFNO. The van der Waals surface area contributed by atoms with Crippen molar-refractivity contribution in [2.24, 2.45) is 5.92 Å². The minimum absolute atomic E-state index is 0.0866. The molecule has 2 heterocycles. The summed E-state index contributed by atoms with van der Waals surface area (Å²) < 4.78 is 19.4. The molecule has 4 heteroatoms. The largest absolute Gasteiger partial charge is 0.375 e. The van der Waals surface area contributed by atoms with Gasteiger partial charge in [0, 0.05) is 17.0 Å². The summed E-state index contributed by atoms with van der Waals surface area (Å²) >= 11 is 6.26. The number of rotatable bonds is 4. The SMILES string of the molecule is CCNC(c1cc(F)ccc1Cl)C1CC2CCC1O2. The van der Waals surface area contributed by atoms with Crippen molar-refractivity contribution in [2.75, 3.05) is 6.54 Å². The summed E-state index contributed by atoms with van der Waals surface area (Å²) in [6.07, 6.45) is 4.02. The average molecular weight is 284 g/mol. The second kappa shape index (κ2) is 5.39. The van der Waals surface area contributed by atoms with Crippen LogP contribution in [0.5, 0.6) is 0 Å². The highest BCUT2D eigenvalue weighted by Gasteiger charge is 2.44. The van der Waals surface area contributed by atoms with E-state index in [0.29, 0.717) is 23.1 Å². The molecule has 3 rings (SSSR count). The number of nitrogens with one attached hydrogen (secondary N) is 1. The molecule has 104 valence electrons. The molecule has 0 amide bonds. The number of halogens is 2. The number of fused-ring (bicyclic) bond motifs is 2. The van der Waals surface area contributed by atoms with Gasteiger partial charge in [-0.25, -0.2) is 4.39 Å². The second-order valence-corrected chi connectivity index (χ2v) is 5.88. The summed E-state index contributed by atoms with van der Waals surface area (Å²) in [5, 5.41) is 4.10. The fraction of sp³-hybridized carbons (Fsp3) is 0.600. The first-order valence-electron chi connectivity index (χ1n) is 7.03. The van der Waals surface area contributed by atoms with Gasteiger partial charge in [-0.1, -0.05) is 18.5 Å². The van der Waals surface area contributed by atoms with E-state index in [2.05, 4.69) is 12.2 Å². The van der Waals surface area contributed by atoms with E-state index in [1.807, 2.05) is 0 Å². The molecular weight excluding hydrogens is 265 g/mol. The van der Waals surface area contributed by atoms with Crippen molar-refractivity contribution in [1.82, 2.24) is 5.32 Å². The van der Waals surface area contributed by atoms with E-state index >= 15 is 0 Å². The maximum Gasteiger partial charge on any atom is 0.123 e. The highest BCUT2D eigenvalue weighted by atomic mass is 35.5. The average Bonchev–Trinajstić information content (AvgIpc) is 3.01. The Morgan fingerprint density at radius 2 is 2.32 bits per heavy atom. The summed E-state index contributed by atoms with van der Waals surface area (Å²) in [4.78, 5) is 0. The molecule has 0 aliphatic carbocycles. The fourth-order valence-corrected chi connectivity index (χ4v) is 3.73. The van der Waals surface area contributed by atoms with Crippen LogP contribution in [0.15, 0.2) is 18.2 Å². The number of hydrogen-bond acceptors (Lipinski definition) is 2. The quantitative estimate of drug-likeness (QED) is 0.910. The molecule has 0 saturated carbocycles. The van der Waals surface area contributed by atoms with Crippen molar-refractivity contribution in [3.8, 4) is 0 Å². The predicted octanol–water partition coefficient (Wildman–Crippen LogP) is 3.70. The molecule has 2 bridgehead atoms. The first-order valence-corrected chi connectivity index (χ1v) is 7.40. The molecule has 0 spiro atoms. The lowest BCUT2D eigenvalue weighted by Crippen LogP contribution is -2.34. The van der Waals surface area contributed by atoms with Crippen LogP contribution in [0.4, 0.5) is 4.39 Å². The molecule has 4 unspecified atom stereocenters. The van der Waals surface area contributed by atoms with Crippen LogP contribution >= 0.6 is 11.6 Å². The van der Waals surface area contributed by atoms with Crippen LogP contribution in [0.25, 0.3) is 0 Å². The van der Waals surface area contributed by atoms with Crippen LogP contribution in [-0.4, -0.2) is 18.8 Å². The zero-order valence-corrected chi connectivity index (χ0v) is 11.8. The summed E-state index contributed by atoms with van der Waals surface area (Å²) in [5.41, 5.74) is 0.865. The van der Waals surface area contributed by atoms with Crippen molar-refractivity contribution in [3.05, 3.63) is 34.6 Å². The Hall–Kier alpha value is -0.640. The van der Waals surface area contributed by atoms with Crippen LogP contribution < -0.4 is 5.32 Å². The van der Waals surface area contributed by atoms with Crippen LogP contribution in [0.2, 0.25) is 5.02 Å². The number of hydrogen-bond donors (Lipinski definition) is 1. The van der Waals surface area contributed by atoms with E-state index < -0.39 is 0 Å². The third-order valence-corrected chi connectivity index (χ3v) is 4.64. The lowest BCUT2D eigenvalue weighted by molar-refractivity contribution is 0.0858. The lowest BCUT2D eigenvalue weighted by Gasteiger charge is -2.30. The minimum Gasteiger partial charge on any atom is -0.375 e. The summed E-state index contributed by atoms with van der Waals surface area (Å²) in [5.74, 6) is 0.171. The summed E-state index contributed by atoms with van der Waals surface area (Å²) in [6.45, 7) is 2.90. The Morgan fingerprint density at radius 1 is 1.47 bits per heavy atom. The Morgan fingerprint density at radius 3 is 2.95 bits per heavy atom. The summed E-state index contributed by atoms with van der Waals surface area (Å²) in [7, 11) is 0. The molecule has 2 nitrogen and oxygen atoms in total. The van der Waals surface area contributed by atoms with Gasteiger partial charge in [0.25, 0.3) is 0 Å². The molecule has 1 N–H and O–H groups in total. The van der Waals surface area contributed by atoms with E-state index in [4.69, 9.17) is 16.3 Å². The Labute approximate surface area is 118 Å². The van der Waals surface area contributed by atoms with Gasteiger partial charge in [-0.3, -0.25) is 0 Å². The standard InChI is InChI=1S/C15H19ClFNO/c1-2-18-15(11-7-9(17)3-5-13(11)16)12-8-10-4-6-14(12)19-10/h3,5,7,10,12,14-15,18H,2,4,6,8H2,1H3. The molecule has 2 saturated heterocycles. The van der Waals surface area contributed by atoms with E-state index in [1.165, 1.54) is 6.07 Å².